The van der Waals surface area contributed by atoms with Crippen LogP contribution in [0.15, 0.2) is 67.5 Å². The van der Waals surface area contributed by atoms with E-state index in [2.05, 4.69) is 25.0 Å². The number of piperazine rings is 1. The maximum atomic E-state index is 13.2. The molecule has 1 unspecified atom stereocenters. The molecule has 1 aliphatic heterocycles. The second-order valence-electron chi connectivity index (χ2n) is 8.05. The summed E-state index contributed by atoms with van der Waals surface area (Å²) >= 11 is 0. The number of hydrogen-bond donors (Lipinski definition) is 2. The van der Waals surface area contributed by atoms with Crippen LogP contribution in [0.5, 0.6) is 0 Å². The van der Waals surface area contributed by atoms with E-state index in [1.165, 1.54) is 22.5 Å². The van der Waals surface area contributed by atoms with Gasteiger partial charge in [0.2, 0.25) is 21.7 Å². The first kappa shape index (κ1) is 22.2. The van der Waals surface area contributed by atoms with Crippen LogP contribution >= 0.6 is 0 Å². The lowest BCUT2D eigenvalue weighted by Crippen LogP contribution is -2.49. The Labute approximate surface area is 194 Å². The van der Waals surface area contributed by atoms with Crippen molar-refractivity contribution in [1.29, 1.82) is 0 Å². The summed E-state index contributed by atoms with van der Waals surface area (Å²) in [6, 6.07) is 13.5. The third kappa shape index (κ3) is 4.06. The Morgan fingerprint density at radius 3 is 2.47 bits per heavy atom. The van der Waals surface area contributed by atoms with Gasteiger partial charge in [0.25, 0.3) is 5.56 Å². The predicted octanol–water partition coefficient (Wildman–Crippen LogP) is 1.33. The van der Waals surface area contributed by atoms with Crippen LogP contribution in [-0.4, -0.2) is 63.9 Å². The first-order valence-corrected chi connectivity index (χ1v) is 12.2. The molecule has 0 spiro atoms. The highest BCUT2D eigenvalue weighted by atomic mass is 32.2. The van der Waals surface area contributed by atoms with Gasteiger partial charge in [0, 0.05) is 31.7 Å². The van der Waals surface area contributed by atoms with Crippen molar-refractivity contribution in [3.05, 3.63) is 75.3 Å². The first-order chi connectivity index (χ1) is 16.3. The van der Waals surface area contributed by atoms with E-state index < -0.39 is 21.3 Å². The maximum absolute atomic E-state index is 13.2. The van der Waals surface area contributed by atoms with E-state index in [0.717, 1.165) is 5.56 Å². The zero-order chi connectivity index (χ0) is 23.9. The first-order valence-electron chi connectivity index (χ1n) is 10.7. The fraction of sp³-hybridized carbons (Fsp3) is 0.273. The molecule has 0 radical (unpaired) electrons. The molecule has 5 rings (SSSR count). The number of H-pyrrole nitrogens is 2. The molecular formula is C22H22N6O5S. The summed E-state index contributed by atoms with van der Waals surface area (Å²) in [5.74, 6) is 0.981. The molecule has 2 aromatic carbocycles. The van der Waals surface area contributed by atoms with Crippen molar-refractivity contribution in [2.24, 2.45) is 0 Å². The Balaban J connectivity index is 1.30. The van der Waals surface area contributed by atoms with E-state index in [9.17, 15) is 18.0 Å². The van der Waals surface area contributed by atoms with Crippen LogP contribution in [0.3, 0.4) is 0 Å². The Bertz CT molecular complexity index is 1550. The molecule has 4 aromatic rings. The van der Waals surface area contributed by atoms with Gasteiger partial charge >= 0.3 is 5.69 Å². The molecule has 11 nitrogen and oxygen atoms in total. The molecule has 2 N–H and O–H groups in total. The summed E-state index contributed by atoms with van der Waals surface area (Å²) in [6.07, 6.45) is 0. The molecular weight excluding hydrogens is 460 g/mol. The van der Waals surface area contributed by atoms with Crippen LogP contribution in [0, 0.1) is 0 Å². The zero-order valence-electron chi connectivity index (χ0n) is 18.3. The Morgan fingerprint density at radius 1 is 1.00 bits per heavy atom. The van der Waals surface area contributed by atoms with Crippen molar-refractivity contribution in [1.82, 2.24) is 29.3 Å². The molecule has 34 heavy (non-hydrogen) atoms. The molecule has 0 saturated carbocycles. The van der Waals surface area contributed by atoms with Gasteiger partial charge in [-0.3, -0.25) is 14.7 Å². The molecule has 1 saturated heterocycles. The van der Waals surface area contributed by atoms with E-state index in [1.54, 1.807) is 0 Å². The minimum Gasteiger partial charge on any atom is -0.337 e. The number of nitrogens with zero attached hydrogens (tertiary/aromatic N) is 4. The van der Waals surface area contributed by atoms with Crippen molar-refractivity contribution in [2.45, 2.75) is 17.9 Å². The fourth-order valence-corrected chi connectivity index (χ4v) is 5.50. The number of nitrogens with one attached hydrogen (secondary N) is 2. The van der Waals surface area contributed by atoms with Crippen molar-refractivity contribution in [2.75, 3.05) is 26.2 Å². The van der Waals surface area contributed by atoms with Crippen LogP contribution < -0.4 is 11.2 Å². The van der Waals surface area contributed by atoms with Crippen LogP contribution in [0.4, 0.5) is 0 Å². The molecule has 176 valence electrons. The molecule has 1 fully saturated rings. The van der Waals surface area contributed by atoms with Crippen LogP contribution in [0.2, 0.25) is 0 Å². The predicted molar refractivity (Wildman–Crippen MR) is 124 cm³/mol. The SMILES string of the molecule is CC(c1nc(-c2ccccc2)no1)N1CCN(S(=O)(=O)c2ccc3[nH]c(=O)[nH]c(=O)c3c2)CC1. The molecule has 3 heterocycles. The van der Waals surface area contributed by atoms with Gasteiger partial charge in [-0.2, -0.15) is 9.29 Å². The third-order valence-electron chi connectivity index (χ3n) is 6.00. The average Bonchev–Trinajstić information content (AvgIpc) is 3.34. The van der Waals surface area contributed by atoms with Crippen molar-refractivity contribution in [3.8, 4) is 11.4 Å². The van der Waals surface area contributed by atoms with Gasteiger partial charge in [0.15, 0.2) is 0 Å². The van der Waals surface area contributed by atoms with Crippen LogP contribution in [-0.2, 0) is 10.0 Å². The number of rotatable bonds is 5. The molecule has 2 aromatic heterocycles. The summed E-state index contributed by atoms with van der Waals surface area (Å²) in [6.45, 7) is 3.44. The number of fused-ring (bicyclic) bond motifs is 1. The summed E-state index contributed by atoms with van der Waals surface area (Å²) in [7, 11) is -3.82. The van der Waals surface area contributed by atoms with Gasteiger partial charge < -0.3 is 9.51 Å². The largest absolute Gasteiger partial charge is 0.337 e. The molecule has 12 heteroatoms. The second kappa shape index (κ2) is 8.63. The van der Waals surface area contributed by atoms with E-state index in [0.29, 0.717) is 24.8 Å². The lowest BCUT2D eigenvalue weighted by Gasteiger charge is -2.36. The molecule has 0 amide bonds. The highest BCUT2D eigenvalue weighted by Gasteiger charge is 2.32. The topological polar surface area (TPSA) is 145 Å². The van der Waals surface area contributed by atoms with E-state index in [-0.39, 0.29) is 34.9 Å². The lowest BCUT2D eigenvalue weighted by molar-refractivity contribution is 0.124. The minimum absolute atomic E-state index is 0.00320. The Kier molecular flexibility index (Phi) is 5.63. The number of benzene rings is 2. The minimum atomic E-state index is -3.82. The van der Waals surface area contributed by atoms with Crippen molar-refractivity contribution >= 4 is 20.9 Å². The summed E-state index contributed by atoms with van der Waals surface area (Å²) < 4.78 is 33.3. The molecule has 1 atom stereocenters. The Hall–Kier alpha value is -3.61. The van der Waals surface area contributed by atoms with Gasteiger partial charge in [-0.1, -0.05) is 35.5 Å². The molecule has 0 bridgehead atoms. The summed E-state index contributed by atoms with van der Waals surface area (Å²) in [4.78, 5) is 34.7. The van der Waals surface area contributed by atoms with Gasteiger partial charge in [0.1, 0.15) is 0 Å². The smallest absolute Gasteiger partial charge is 0.326 e. The lowest BCUT2D eigenvalue weighted by atomic mass is 10.2. The quantitative estimate of drug-likeness (QED) is 0.433. The van der Waals surface area contributed by atoms with E-state index >= 15 is 0 Å². The van der Waals surface area contributed by atoms with Gasteiger partial charge in [0.05, 0.1) is 21.8 Å². The number of aromatic nitrogens is 4. The van der Waals surface area contributed by atoms with E-state index in [1.807, 2.05) is 37.3 Å². The van der Waals surface area contributed by atoms with Gasteiger partial charge in [-0.15, -0.1) is 0 Å². The normalized spacial score (nSPS) is 16.6. The third-order valence-corrected chi connectivity index (χ3v) is 7.90. The van der Waals surface area contributed by atoms with Gasteiger partial charge in [-0.05, 0) is 25.1 Å². The van der Waals surface area contributed by atoms with Gasteiger partial charge in [-0.25, -0.2) is 13.2 Å². The Morgan fingerprint density at radius 2 is 1.74 bits per heavy atom. The van der Waals surface area contributed by atoms with Crippen LogP contribution in [0.1, 0.15) is 18.9 Å². The van der Waals surface area contributed by atoms with Crippen molar-refractivity contribution < 1.29 is 12.9 Å². The standard InChI is InChI=1S/C22H22N6O5S/c1-14(21-24-19(26-33-21)15-5-3-2-4-6-15)27-9-11-28(12-10-27)34(31,32)16-7-8-18-17(13-16)20(29)25-22(30)23-18/h2-8,13-14H,9-12H2,1H3,(H2,23,25,29,30). The summed E-state index contributed by atoms with van der Waals surface area (Å²) in [5, 5.41) is 4.17. The monoisotopic (exact) mass is 482 g/mol. The maximum Gasteiger partial charge on any atom is 0.326 e. The van der Waals surface area contributed by atoms with E-state index in [4.69, 9.17) is 4.52 Å². The zero-order valence-corrected chi connectivity index (χ0v) is 19.1. The fourth-order valence-electron chi connectivity index (χ4n) is 4.05. The average molecular weight is 483 g/mol. The molecule has 1 aliphatic rings. The molecule has 0 aliphatic carbocycles. The highest BCUT2D eigenvalue weighted by molar-refractivity contribution is 7.89. The van der Waals surface area contributed by atoms with Crippen LogP contribution in [0.25, 0.3) is 22.3 Å². The number of hydrogen-bond acceptors (Lipinski definition) is 8. The summed E-state index contributed by atoms with van der Waals surface area (Å²) in [5.41, 5.74) is -0.140. The second-order valence-corrected chi connectivity index (χ2v) is 9.99. The number of sulfonamides is 1. The number of aromatic amines is 2. The van der Waals surface area contributed by atoms with Crippen molar-refractivity contribution in [3.63, 3.8) is 0 Å². The highest BCUT2D eigenvalue weighted by Crippen LogP contribution is 2.25.